The molecule has 760 valence electrons. The number of fused-ring (bicyclic) bond motifs is 7. The van der Waals surface area contributed by atoms with Crippen molar-refractivity contribution in [1.82, 2.24) is 119 Å². The zero-order chi connectivity index (χ0) is 105. The number of nitriles is 4. The van der Waals surface area contributed by atoms with Gasteiger partial charge in [-0.2, -0.15) is 83.4 Å². The number of aldehydes is 2. The van der Waals surface area contributed by atoms with Crippen LogP contribution in [0.25, 0.3) is 95.1 Å². The Morgan fingerprint density at radius 3 is 1.16 bits per heavy atom. The van der Waals surface area contributed by atoms with Gasteiger partial charge in [-0.15, -0.1) is 4.91 Å². The van der Waals surface area contributed by atoms with Crippen molar-refractivity contribution in [1.29, 1.82) is 21.0 Å². The number of alkyl halides is 3. The van der Waals surface area contributed by atoms with Crippen LogP contribution in [-0.4, -0.2) is 209 Å². The first-order valence-corrected chi connectivity index (χ1v) is 48.7. The molecule has 44 nitrogen and oxygen atoms in total. The smallest absolute Gasteiger partial charge is 0.399 e. The van der Waals surface area contributed by atoms with Gasteiger partial charge in [-0.05, 0) is 175 Å². The number of aliphatic hydroxyl groups excluding tert-OH is 1. The van der Waals surface area contributed by atoms with Gasteiger partial charge in [0.05, 0.1) is 146 Å². The van der Waals surface area contributed by atoms with Crippen LogP contribution in [0.1, 0.15) is 129 Å². The minimum absolute atomic E-state index is 0. The minimum Gasteiger partial charge on any atom is -0.399 e. The quantitative estimate of drug-likeness (QED) is 0.00856. The number of aromatic nitrogens is 22. The molecule has 4 aliphatic heterocycles. The molecule has 0 bridgehead atoms. The SMILES string of the molecule is CC1(CC=O)C[C@H]2CN(c3cnc(Cl)cn3)C[C@H]2C1.CCO.Cn1ccc(-c2cc(-c3cnc(N4C[C@@H]5CC(C)(CC=O)C[C@@H]5C4)cn3)c3c(C#N)cnn3c2)n1.Cn1ccc(-c2cc(-c3cnc(N4C[C@@H]5CC(C)(N)C[C@@H]5C4)cn3)c3c(C#N)cnn3c2)n1.Cn1ccc(-c2cc(B3OC(C)(C)C(C)(C)O3)c3c(C#N)cnn3c2)n1.Cn1ccc(-c2cc(OS(=O)(=O)C(F)(F)F)c3c(C#N)cnn3c2)n1.[N-]=NNNN=O.[Na+]. The van der Waals surface area contributed by atoms with E-state index in [2.05, 4.69) is 119 Å². The van der Waals surface area contributed by atoms with Gasteiger partial charge in [-0.1, -0.05) is 25.4 Å². The zero-order valence-corrected chi connectivity index (χ0v) is 86.9. The van der Waals surface area contributed by atoms with Crippen LogP contribution in [0.3, 0.4) is 0 Å². The van der Waals surface area contributed by atoms with Gasteiger partial charge in [0.25, 0.3) is 0 Å². The van der Waals surface area contributed by atoms with Crippen LogP contribution in [0.4, 0.5) is 30.6 Å². The summed E-state index contributed by atoms with van der Waals surface area (Å²) < 4.78 is 90.2. The fraction of sp³-hybridized carbons (Fsp3) is 0.402. The Hall–Kier alpha value is -14.9. The summed E-state index contributed by atoms with van der Waals surface area (Å²) in [6, 6.07) is 22.8. The van der Waals surface area contributed by atoms with Crippen molar-refractivity contribution in [2.75, 3.05) is 60.6 Å². The number of rotatable bonds is 19. The molecule has 19 heterocycles. The third-order valence-corrected chi connectivity index (χ3v) is 29.0. The summed E-state index contributed by atoms with van der Waals surface area (Å²) in [7, 11) is 0.768. The predicted molar refractivity (Wildman–Crippen MR) is 535 cm³/mol. The van der Waals surface area contributed by atoms with Gasteiger partial charge >= 0.3 is 52.3 Å². The number of halogens is 4. The molecule has 22 rings (SSSR count). The van der Waals surface area contributed by atoms with Gasteiger partial charge in [-0.25, -0.2) is 43.5 Å². The molecule has 0 spiro atoms. The summed E-state index contributed by atoms with van der Waals surface area (Å²) in [5.41, 5.74) is 23.6. The van der Waals surface area contributed by atoms with Crippen molar-refractivity contribution < 1.29 is 79.3 Å². The normalized spacial score (nSPS) is 21.0. The van der Waals surface area contributed by atoms with E-state index in [4.69, 9.17) is 67.4 Å². The Bertz CT molecular complexity index is 7620. The maximum atomic E-state index is 12.6. The average Bonchev–Trinajstić information content (AvgIpc) is 1.59. The number of nitrogens with two attached hydrogens (primary N) is 1. The van der Waals surface area contributed by atoms with Crippen molar-refractivity contribution in [2.45, 2.75) is 129 Å². The fourth-order valence-electron chi connectivity index (χ4n) is 20.7. The number of carbonyl (C=O) groups is 2. The molecule has 3 saturated carbocycles. The topological polar surface area (TPSA) is 553 Å². The summed E-state index contributed by atoms with van der Waals surface area (Å²) >= 11 is 5.76. The molecule has 0 aromatic carbocycles. The van der Waals surface area contributed by atoms with E-state index in [-0.39, 0.29) is 69.2 Å². The van der Waals surface area contributed by atoms with E-state index in [9.17, 15) is 47.0 Å². The van der Waals surface area contributed by atoms with Crippen molar-refractivity contribution >= 4 is 86.4 Å². The van der Waals surface area contributed by atoms with Crippen LogP contribution in [0.2, 0.25) is 5.15 Å². The number of hydrogen-bond donors (Lipinski definition) is 4. The summed E-state index contributed by atoms with van der Waals surface area (Å²) in [5.74, 6) is 5.81. The van der Waals surface area contributed by atoms with Crippen LogP contribution in [0.5, 0.6) is 5.75 Å². The summed E-state index contributed by atoms with van der Waals surface area (Å²) in [4.78, 5) is 65.2. The van der Waals surface area contributed by atoms with Gasteiger partial charge in [0.1, 0.15) is 70.5 Å². The molecule has 15 aromatic rings. The monoisotopic (exact) mass is 2060 g/mol. The minimum atomic E-state index is -5.91. The third-order valence-electron chi connectivity index (χ3n) is 27.9. The number of aryl methyl sites for hydroxylation is 4. The van der Waals surface area contributed by atoms with Crippen molar-refractivity contribution in [2.24, 2.45) is 90.8 Å². The molecule has 9 atom stereocenters. The molecule has 5 N–H and O–H groups in total. The molecule has 148 heavy (non-hydrogen) atoms. The maximum absolute atomic E-state index is 12.6. The van der Waals surface area contributed by atoms with Crippen LogP contribution < -0.4 is 70.7 Å². The van der Waals surface area contributed by atoms with Crippen LogP contribution >= 0.6 is 11.6 Å². The van der Waals surface area contributed by atoms with E-state index in [1.807, 2.05) is 135 Å². The largest absolute Gasteiger partial charge is 1.00 e. The Balaban J connectivity index is 0.000000137. The molecule has 0 amide bonds. The Kier molecular flexibility index (Phi) is 31.9. The molecule has 51 heteroatoms. The number of carbonyl (C=O) groups excluding carboxylic acids is 2. The number of aliphatic hydroxyl groups is 1. The van der Waals surface area contributed by atoms with Gasteiger partial charge < -0.3 is 59.7 Å². The molecule has 15 aromatic heterocycles. The molecule has 0 radical (unpaired) electrons. The van der Waals surface area contributed by atoms with Gasteiger partial charge in [0, 0.05) is 181 Å². The Morgan fingerprint density at radius 1 is 0.514 bits per heavy atom. The van der Waals surface area contributed by atoms with Crippen molar-refractivity contribution in [3.05, 3.63) is 198 Å². The second kappa shape index (κ2) is 44.0. The van der Waals surface area contributed by atoms with Crippen molar-refractivity contribution in [3.8, 4) is 97.6 Å². The maximum Gasteiger partial charge on any atom is 1.00 e. The van der Waals surface area contributed by atoms with E-state index in [0.717, 1.165) is 180 Å². The Morgan fingerprint density at radius 2 is 0.845 bits per heavy atom. The van der Waals surface area contributed by atoms with Crippen molar-refractivity contribution in [3.63, 3.8) is 0 Å². The first-order valence-electron chi connectivity index (χ1n) is 47.0. The Labute approximate surface area is 875 Å². The van der Waals surface area contributed by atoms with E-state index in [1.54, 1.807) is 114 Å². The molecule has 7 aliphatic rings. The third kappa shape index (κ3) is 23.2. The molecule has 3 aliphatic carbocycles. The fourth-order valence-corrected chi connectivity index (χ4v) is 21.2. The van der Waals surface area contributed by atoms with Crippen LogP contribution in [-0.2, 0) is 57.2 Å². The second-order valence-electron chi connectivity index (χ2n) is 39.5. The summed E-state index contributed by atoms with van der Waals surface area (Å²) in [5, 5.41) is 84.7. The van der Waals surface area contributed by atoms with Crippen LogP contribution in [0.15, 0.2) is 171 Å². The van der Waals surface area contributed by atoms with Gasteiger partial charge in [-0.3, -0.25) is 33.9 Å². The zero-order valence-electron chi connectivity index (χ0n) is 83.3. The first kappa shape index (κ1) is 107. The number of nitrogens with zero attached hydrogens (tertiary/aromatic N) is 32. The molecule has 7 fully saturated rings. The van der Waals surface area contributed by atoms with Gasteiger partial charge in [0.2, 0.25) is 0 Å². The molecular formula is C97H105BClF3N35NaO9S. The number of anilines is 3. The number of hydrazine groups is 1. The number of hydrogen-bond acceptors (Lipinski definition) is 33. The van der Waals surface area contributed by atoms with E-state index < -0.39 is 39.7 Å². The van der Waals surface area contributed by atoms with Gasteiger partial charge in [0.15, 0.2) is 5.75 Å². The number of pyridine rings is 4. The average molecular weight is 2060 g/mol. The van der Waals surface area contributed by atoms with E-state index in [1.165, 1.54) is 10.9 Å². The number of nitrogens with one attached hydrogen (secondary N) is 2. The number of nitroso groups, excluding NO2 is 1. The standard InChI is InChI=1S/C26H26N8O.C24H25N9.C18H20BN5O2.C14H18ClN3O.C13H8F3N5O3S.C2H6O.H2N5O.Na/c1-26(4-6-35)8-18-14-33(15-19(18)9-26)24-13-28-23(12-29-24)21-7-17(22-3-5-32(2)31-22)16-34-25(21)20(10-27)11-30-34;1-24(26)6-16-12-32(13-17(16)7-24)22-11-27-21(10-28-22)19-5-15(20-3-4-31(2)30-20)14-33-23(19)18(8-25)9-29-33;1-17(2)18(3,4)26-19(25-17)14-8-12(15-6-7-23(5)22-15)11-24-16(14)13(9-20)10-21-24;1-14(2-3-19)4-10-8-18(9-11(10)5-14)13-7-16-12(15)6-17-13;1-20-3-2-10(19-20)8-4-11(24-25(22,23)13(14,15)16)12-9(5-17)6-18-21(12)7-8;1-2-3;1-2-3-4-5-6;/h3,5-7,11-13,16,18-19H,4,8-9,14-15H2,1-2H3;3-5,9-11,14,16-17H,6-7,12-13,26H2,1-2H3;6-8,10-11H,1-5H3;3,6-7,10-11H,2,4-5,8-9H2,1H3;2-4,6-7H,1H3;3H,2H2,1H3;(H2-,1,2,3,4,5,6);/q;;;;;;-1;+1/t18-,19+,26?;16-,17+,24?;;10-,11+,14?;;;;. The molecule has 4 saturated heterocycles. The van der Waals surface area contributed by atoms with E-state index in [0.29, 0.717) is 98.3 Å². The molecule has 3 unspecified atom stereocenters. The predicted octanol–water partition coefficient (Wildman–Crippen LogP) is 9.15. The molecular weight excluding hydrogens is 1960 g/mol. The summed E-state index contributed by atoms with van der Waals surface area (Å²) in [6.45, 7) is 22.5. The summed E-state index contributed by atoms with van der Waals surface area (Å²) in [6.07, 6.45) is 40.8. The first-order chi connectivity index (χ1) is 70.1. The van der Waals surface area contributed by atoms with E-state index >= 15 is 0 Å². The van der Waals surface area contributed by atoms with Crippen LogP contribution in [0, 0.1) is 96.6 Å². The second-order valence-corrected chi connectivity index (χ2v) is 41.4.